The first kappa shape index (κ1) is 30.4. The minimum Gasteiger partial charge on any atom is -0.325 e. The second kappa shape index (κ2) is 12.1. The van der Waals surface area contributed by atoms with Gasteiger partial charge in [-0.1, -0.05) is 53.0 Å². The number of carbonyl (C=O) groups is 1. The van der Waals surface area contributed by atoms with E-state index in [1.54, 1.807) is 25.1 Å². The molecule has 8 nitrogen and oxygen atoms in total. The minimum absolute atomic E-state index is 0.00597. The van der Waals surface area contributed by atoms with Crippen molar-refractivity contribution in [3.8, 4) is 0 Å². The van der Waals surface area contributed by atoms with E-state index in [1.807, 2.05) is 26.0 Å². The van der Waals surface area contributed by atoms with Crippen LogP contribution in [0.25, 0.3) is 0 Å². The molecule has 0 fully saturated rings. The number of hydrogen-bond donors (Lipinski definition) is 2. The Kier molecular flexibility index (Phi) is 8.98. The summed E-state index contributed by atoms with van der Waals surface area (Å²) in [6, 6.07) is 21.5. The van der Waals surface area contributed by atoms with E-state index in [0.717, 1.165) is 21.0 Å². The quantitative estimate of drug-likeness (QED) is 0.217. The lowest BCUT2D eigenvalue weighted by molar-refractivity contribution is -0.114. The van der Waals surface area contributed by atoms with Gasteiger partial charge in [-0.25, -0.2) is 16.8 Å². The smallest absolute Gasteiger partial charge is 0.264 e. The second-order valence-corrected chi connectivity index (χ2v) is 13.9. The lowest BCUT2D eigenvalue weighted by Crippen LogP contribution is -2.38. The molecule has 0 aromatic heterocycles. The van der Waals surface area contributed by atoms with E-state index >= 15 is 0 Å². The first-order valence-electron chi connectivity index (χ1n) is 12.3. The number of nitrogens with one attached hydrogen (secondary N) is 2. The van der Waals surface area contributed by atoms with Crippen LogP contribution >= 0.6 is 23.2 Å². The molecule has 0 atom stereocenters. The van der Waals surface area contributed by atoms with Crippen molar-refractivity contribution in [1.82, 2.24) is 0 Å². The van der Waals surface area contributed by atoms with E-state index in [-0.39, 0.29) is 31.2 Å². The van der Waals surface area contributed by atoms with Gasteiger partial charge in [0.2, 0.25) is 5.91 Å². The number of aryl methyl sites for hydroxylation is 3. The van der Waals surface area contributed by atoms with Crippen LogP contribution < -0.4 is 14.3 Å². The molecule has 0 aliphatic rings. The van der Waals surface area contributed by atoms with Crippen LogP contribution in [0.5, 0.6) is 0 Å². The van der Waals surface area contributed by atoms with E-state index in [1.165, 1.54) is 54.6 Å². The molecule has 2 N–H and O–H groups in total. The van der Waals surface area contributed by atoms with Gasteiger partial charge in [0.1, 0.15) is 6.54 Å². The Morgan fingerprint density at radius 3 is 1.90 bits per heavy atom. The van der Waals surface area contributed by atoms with Crippen LogP contribution in [0.15, 0.2) is 94.7 Å². The molecule has 0 unspecified atom stereocenters. The zero-order chi connectivity index (χ0) is 29.9. The highest BCUT2D eigenvalue weighted by molar-refractivity contribution is 7.93. The van der Waals surface area contributed by atoms with Gasteiger partial charge in [-0.15, -0.1) is 0 Å². The van der Waals surface area contributed by atoms with Gasteiger partial charge in [0.15, 0.2) is 0 Å². The van der Waals surface area contributed by atoms with Crippen LogP contribution in [0, 0.1) is 20.8 Å². The van der Waals surface area contributed by atoms with Gasteiger partial charge in [0.25, 0.3) is 20.0 Å². The highest BCUT2D eigenvalue weighted by atomic mass is 35.5. The summed E-state index contributed by atoms with van der Waals surface area (Å²) >= 11 is 12.3. The lowest BCUT2D eigenvalue weighted by Gasteiger charge is -2.24. The maximum atomic E-state index is 13.6. The summed E-state index contributed by atoms with van der Waals surface area (Å²) in [5.74, 6) is -0.666. The maximum Gasteiger partial charge on any atom is 0.264 e. The Hall–Kier alpha value is -3.57. The fourth-order valence-electron chi connectivity index (χ4n) is 3.93. The summed E-state index contributed by atoms with van der Waals surface area (Å²) in [5.41, 5.74) is 3.40. The van der Waals surface area contributed by atoms with Crippen molar-refractivity contribution in [1.29, 1.82) is 0 Å². The highest BCUT2D eigenvalue weighted by Gasteiger charge is 2.28. The molecule has 12 heteroatoms. The largest absolute Gasteiger partial charge is 0.325 e. The third-order valence-corrected chi connectivity index (χ3v) is 9.72. The molecule has 41 heavy (non-hydrogen) atoms. The number of nitrogens with zero attached hydrogens (tertiary/aromatic N) is 1. The van der Waals surface area contributed by atoms with Crippen LogP contribution in [0.1, 0.15) is 16.7 Å². The molecule has 0 aliphatic carbocycles. The van der Waals surface area contributed by atoms with E-state index in [4.69, 9.17) is 23.2 Å². The second-order valence-electron chi connectivity index (χ2n) is 9.45. The van der Waals surface area contributed by atoms with Gasteiger partial charge in [0, 0.05) is 15.7 Å². The van der Waals surface area contributed by atoms with Gasteiger partial charge < -0.3 is 5.32 Å². The van der Waals surface area contributed by atoms with Crippen molar-refractivity contribution in [2.24, 2.45) is 0 Å². The third kappa shape index (κ3) is 7.39. The van der Waals surface area contributed by atoms with Crippen molar-refractivity contribution < 1.29 is 21.6 Å². The summed E-state index contributed by atoms with van der Waals surface area (Å²) in [6.45, 7) is 4.90. The number of amides is 1. The highest BCUT2D eigenvalue weighted by Crippen LogP contribution is 2.30. The zero-order valence-electron chi connectivity index (χ0n) is 22.4. The van der Waals surface area contributed by atoms with Crippen molar-refractivity contribution in [3.63, 3.8) is 0 Å². The summed E-state index contributed by atoms with van der Waals surface area (Å²) in [7, 11) is -8.08. The molecule has 1 amide bonds. The van der Waals surface area contributed by atoms with E-state index in [0.29, 0.717) is 5.69 Å². The Morgan fingerprint density at radius 1 is 0.732 bits per heavy atom. The van der Waals surface area contributed by atoms with Crippen LogP contribution in [-0.4, -0.2) is 29.3 Å². The molecule has 0 saturated carbocycles. The molecule has 0 saturated heterocycles. The van der Waals surface area contributed by atoms with Gasteiger partial charge >= 0.3 is 0 Å². The van der Waals surface area contributed by atoms with E-state index in [2.05, 4.69) is 10.0 Å². The SMILES string of the molecule is Cc1ccc(S(=O)(=O)N(CC(=O)Nc2ccc(S(=O)(=O)Nc3cc(C)ccc3C)cc2)c2cc(Cl)cc(Cl)c2)cc1. The maximum absolute atomic E-state index is 13.6. The van der Waals surface area contributed by atoms with Crippen molar-refractivity contribution in [3.05, 3.63) is 112 Å². The fourth-order valence-corrected chi connectivity index (χ4v) is 6.97. The molecule has 4 rings (SSSR count). The lowest BCUT2D eigenvalue weighted by atomic mass is 10.1. The van der Waals surface area contributed by atoms with Crippen molar-refractivity contribution in [2.75, 3.05) is 20.9 Å². The first-order chi connectivity index (χ1) is 19.2. The molecule has 214 valence electrons. The third-order valence-electron chi connectivity index (χ3n) is 6.12. The number of benzene rings is 4. The van der Waals surface area contributed by atoms with Crippen LogP contribution in [0.3, 0.4) is 0 Å². The zero-order valence-corrected chi connectivity index (χ0v) is 25.5. The van der Waals surface area contributed by atoms with Crippen LogP contribution in [0.2, 0.25) is 10.0 Å². The summed E-state index contributed by atoms with van der Waals surface area (Å²) in [6.07, 6.45) is 0. The van der Waals surface area contributed by atoms with Crippen LogP contribution in [0.4, 0.5) is 17.1 Å². The molecule has 0 spiro atoms. The molecule has 4 aromatic rings. The predicted molar refractivity (Wildman–Crippen MR) is 164 cm³/mol. The Bertz CT molecular complexity index is 1790. The number of sulfonamides is 2. The predicted octanol–water partition coefficient (Wildman–Crippen LogP) is 6.55. The molecule has 0 radical (unpaired) electrons. The Morgan fingerprint density at radius 2 is 1.29 bits per heavy atom. The molecule has 4 aromatic carbocycles. The molecular weight excluding hydrogens is 605 g/mol. The normalized spacial score (nSPS) is 11.6. The average Bonchev–Trinajstić information content (AvgIpc) is 2.89. The molecule has 0 aliphatic heterocycles. The standard InChI is InChI=1S/C29H27Cl2N3O5S2/c1-19-5-10-27(11-6-19)41(38,39)34(25-16-22(30)15-23(31)17-25)18-29(35)32-24-8-12-26(13-9-24)40(36,37)33-28-14-20(2)4-7-21(28)3/h4-17,33H,18H2,1-3H3,(H,32,35). The number of hydrogen-bond acceptors (Lipinski definition) is 5. The van der Waals surface area contributed by atoms with Crippen LogP contribution in [-0.2, 0) is 24.8 Å². The summed E-state index contributed by atoms with van der Waals surface area (Å²) in [4.78, 5) is 13.1. The Balaban J connectivity index is 1.56. The fraction of sp³-hybridized carbons (Fsp3) is 0.138. The average molecular weight is 633 g/mol. The minimum atomic E-state index is -4.19. The van der Waals surface area contributed by atoms with Crippen molar-refractivity contribution in [2.45, 2.75) is 30.6 Å². The molecule has 0 bridgehead atoms. The number of anilines is 3. The van der Waals surface area contributed by atoms with Crippen molar-refractivity contribution >= 4 is 66.2 Å². The van der Waals surface area contributed by atoms with Gasteiger partial charge in [-0.2, -0.15) is 0 Å². The number of rotatable bonds is 9. The summed E-state index contributed by atoms with van der Waals surface area (Å²) < 4.78 is 56.5. The van der Waals surface area contributed by atoms with Gasteiger partial charge in [0.05, 0.1) is 21.2 Å². The summed E-state index contributed by atoms with van der Waals surface area (Å²) in [5, 5.41) is 3.02. The van der Waals surface area contributed by atoms with E-state index in [9.17, 15) is 21.6 Å². The number of halogens is 2. The van der Waals surface area contributed by atoms with Gasteiger partial charge in [-0.05, 0) is 92.6 Å². The monoisotopic (exact) mass is 631 g/mol. The van der Waals surface area contributed by atoms with E-state index < -0.39 is 32.5 Å². The number of carbonyl (C=O) groups excluding carboxylic acids is 1. The Labute approximate surface area is 250 Å². The topological polar surface area (TPSA) is 113 Å². The first-order valence-corrected chi connectivity index (χ1v) is 16.0. The molecule has 0 heterocycles. The molecular formula is C29H27Cl2N3O5S2. The van der Waals surface area contributed by atoms with Gasteiger partial charge in [-0.3, -0.25) is 13.8 Å².